The van der Waals surface area contributed by atoms with Crippen LogP contribution in [0.25, 0.3) is 0 Å². The second-order valence-corrected chi connectivity index (χ2v) is 5.68. The maximum atomic E-state index is 13.7. The van der Waals surface area contributed by atoms with E-state index >= 15 is 0 Å². The summed E-state index contributed by atoms with van der Waals surface area (Å²) < 4.78 is 27.3. The highest BCUT2D eigenvalue weighted by molar-refractivity contribution is 9.10. The number of ketones is 1. The summed E-state index contributed by atoms with van der Waals surface area (Å²) in [5.41, 5.74) is -0.175. The summed E-state index contributed by atoms with van der Waals surface area (Å²) in [6, 6.07) is 6.11. The first-order valence-electron chi connectivity index (χ1n) is 5.24. The van der Waals surface area contributed by atoms with E-state index in [1.165, 1.54) is 17.4 Å². The second kappa shape index (κ2) is 5.71. The molecule has 1 aromatic carbocycles. The molecule has 0 unspecified atom stereocenters. The van der Waals surface area contributed by atoms with Crippen molar-refractivity contribution in [3.05, 3.63) is 56.2 Å². The Morgan fingerprint density at radius 2 is 2.00 bits per heavy atom. The summed E-state index contributed by atoms with van der Waals surface area (Å²) in [6.07, 6.45) is -0.0158. The van der Waals surface area contributed by atoms with Gasteiger partial charge in [0.25, 0.3) is 0 Å². The standard InChI is InChI=1S/C13H9BrF2OS/c14-11-3-4-12(15)10(13(11)16)7-8(17)6-9-2-1-5-18-9/h1-5H,6-7H2. The summed E-state index contributed by atoms with van der Waals surface area (Å²) in [4.78, 5) is 12.7. The van der Waals surface area contributed by atoms with Crippen molar-refractivity contribution >= 4 is 33.0 Å². The molecule has 0 fully saturated rings. The molecule has 1 nitrogen and oxygen atoms in total. The molecule has 0 aliphatic heterocycles. The van der Waals surface area contributed by atoms with Crippen molar-refractivity contribution < 1.29 is 13.6 Å². The molecule has 2 rings (SSSR count). The lowest BCUT2D eigenvalue weighted by Crippen LogP contribution is -2.09. The van der Waals surface area contributed by atoms with Gasteiger partial charge in [0.15, 0.2) is 0 Å². The smallest absolute Gasteiger partial charge is 0.143 e. The van der Waals surface area contributed by atoms with Crippen molar-refractivity contribution in [3.63, 3.8) is 0 Å². The van der Waals surface area contributed by atoms with Crippen LogP contribution in [0.2, 0.25) is 0 Å². The lowest BCUT2D eigenvalue weighted by molar-refractivity contribution is -0.117. The van der Waals surface area contributed by atoms with E-state index in [9.17, 15) is 13.6 Å². The fourth-order valence-electron chi connectivity index (χ4n) is 1.60. The number of carbonyl (C=O) groups excluding carboxylic acids is 1. The van der Waals surface area contributed by atoms with E-state index in [2.05, 4.69) is 15.9 Å². The molecule has 94 valence electrons. The summed E-state index contributed by atoms with van der Waals surface area (Å²) in [5, 5.41) is 1.86. The quantitative estimate of drug-likeness (QED) is 0.770. The van der Waals surface area contributed by atoms with Crippen molar-refractivity contribution in [3.8, 4) is 0 Å². The number of benzene rings is 1. The average molecular weight is 331 g/mol. The first-order chi connectivity index (χ1) is 8.58. The molecule has 0 saturated carbocycles. The van der Waals surface area contributed by atoms with Crippen LogP contribution < -0.4 is 0 Å². The van der Waals surface area contributed by atoms with Gasteiger partial charge in [-0.2, -0.15) is 0 Å². The van der Waals surface area contributed by atoms with Gasteiger partial charge in [-0.05, 0) is 39.5 Å². The second-order valence-electron chi connectivity index (χ2n) is 3.79. The van der Waals surface area contributed by atoms with Gasteiger partial charge in [-0.25, -0.2) is 8.78 Å². The van der Waals surface area contributed by atoms with E-state index in [0.29, 0.717) is 0 Å². The topological polar surface area (TPSA) is 17.1 Å². The Hall–Kier alpha value is -1.07. The van der Waals surface area contributed by atoms with Crippen LogP contribution in [-0.4, -0.2) is 5.78 Å². The molecule has 0 bridgehead atoms. The van der Waals surface area contributed by atoms with Crippen LogP contribution in [0, 0.1) is 11.6 Å². The largest absolute Gasteiger partial charge is 0.299 e. The molecule has 0 saturated heterocycles. The number of rotatable bonds is 4. The van der Waals surface area contributed by atoms with Crippen molar-refractivity contribution in [1.82, 2.24) is 0 Å². The molecule has 0 spiro atoms. The monoisotopic (exact) mass is 330 g/mol. The predicted octanol–water partition coefficient (Wildman–Crippen LogP) is 4.14. The van der Waals surface area contributed by atoms with Crippen LogP contribution in [0.3, 0.4) is 0 Å². The number of Topliss-reactive ketones (excluding diaryl/α,β-unsaturated/α-hetero) is 1. The third-order valence-electron chi connectivity index (χ3n) is 2.46. The summed E-state index contributed by atoms with van der Waals surface area (Å²) >= 11 is 4.44. The molecular weight excluding hydrogens is 322 g/mol. The SMILES string of the molecule is O=C(Cc1cccs1)Cc1c(F)ccc(Br)c1F. The minimum Gasteiger partial charge on any atom is -0.299 e. The molecule has 1 heterocycles. The highest BCUT2D eigenvalue weighted by Crippen LogP contribution is 2.22. The molecule has 0 N–H and O–H groups in total. The van der Waals surface area contributed by atoms with Crippen LogP contribution in [0.5, 0.6) is 0 Å². The minimum absolute atomic E-state index is 0.169. The molecule has 2 aromatic rings. The molecule has 0 atom stereocenters. The molecule has 5 heteroatoms. The zero-order chi connectivity index (χ0) is 13.1. The van der Waals surface area contributed by atoms with Gasteiger partial charge in [-0.15, -0.1) is 11.3 Å². The van der Waals surface area contributed by atoms with E-state index in [4.69, 9.17) is 0 Å². The predicted molar refractivity (Wildman–Crippen MR) is 70.8 cm³/mol. The maximum Gasteiger partial charge on any atom is 0.143 e. The molecule has 1 aromatic heterocycles. The Kier molecular flexibility index (Phi) is 4.24. The number of hydrogen-bond acceptors (Lipinski definition) is 2. The Morgan fingerprint density at radius 3 is 2.67 bits per heavy atom. The number of thiophene rings is 1. The van der Waals surface area contributed by atoms with Gasteiger partial charge in [0.1, 0.15) is 17.4 Å². The molecule has 0 aliphatic rings. The lowest BCUT2D eigenvalue weighted by Gasteiger charge is -2.05. The lowest BCUT2D eigenvalue weighted by atomic mass is 10.1. The van der Waals surface area contributed by atoms with Gasteiger partial charge < -0.3 is 0 Å². The highest BCUT2D eigenvalue weighted by atomic mass is 79.9. The van der Waals surface area contributed by atoms with Crippen molar-refractivity contribution in [2.75, 3.05) is 0 Å². The van der Waals surface area contributed by atoms with Crippen molar-refractivity contribution in [2.45, 2.75) is 12.8 Å². The fraction of sp³-hybridized carbons (Fsp3) is 0.154. The number of halogens is 3. The van der Waals surface area contributed by atoms with Crippen LogP contribution in [0.1, 0.15) is 10.4 Å². The molecular formula is C13H9BrF2OS. The van der Waals surface area contributed by atoms with Gasteiger partial charge in [0, 0.05) is 23.3 Å². The molecule has 0 aliphatic carbocycles. The zero-order valence-corrected chi connectivity index (χ0v) is 11.7. The van der Waals surface area contributed by atoms with E-state index in [1.54, 1.807) is 0 Å². The Labute approximate surface area is 116 Å². The average Bonchev–Trinajstić information content (AvgIpc) is 2.82. The highest BCUT2D eigenvalue weighted by Gasteiger charge is 2.16. The molecule has 0 radical (unpaired) electrons. The Balaban J connectivity index is 2.14. The van der Waals surface area contributed by atoms with Crippen molar-refractivity contribution in [2.24, 2.45) is 0 Å². The van der Waals surface area contributed by atoms with E-state index in [1.807, 2.05) is 17.5 Å². The van der Waals surface area contributed by atoms with Crippen molar-refractivity contribution in [1.29, 1.82) is 0 Å². The summed E-state index contributed by atoms with van der Waals surface area (Å²) in [6.45, 7) is 0. The Bertz CT molecular complexity index is 567. The zero-order valence-electron chi connectivity index (χ0n) is 9.25. The van der Waals surface area contributed by atoms with Gasteiger partial charge in [-0.1, -0.05) is 6.07 Å². The van der Waals surface area contributed by atoms with Gasteiger partial charge in [0.05, 0.1) is 4.47 Å². The summed E-state index contributed by atoms with van der Waals surface area (Å²) in [7, 11) is 0. The van der Waals surface area contributed by atoms with Gasteiger partial charge in [-0.3, -0.25) is 4.79 Å². The number of hydrogen-bond donors (Lipinski definition) is 0. The fourth-order valence-corrected chi connectivity index (χ4v) is 2.70. The first-order valence-corrected chi connectivity index (χ1v) is 6.91. The van der Waals surface area contributed by atoms with E-state index in [-0.39, 0.29) is 28.7 Å². The van der Waals surface area contributed by atoms with Crippen LogP contribution in [0.15, 0.2) is 34.1 Å². The van der Waals surface area contributed by atoms with E-state index < -0.39 is 11.6 Å². The molecule has 0 amide bonds. The maximum absolute atomic E-state index is 13.7. The molecule has 18 heavy (non-hydrogen) atoms. The normalized spacial score (nSPS) is 10.6. The number of carbonyl (C=O) groups is 1. The third-order valence-corrected chi connectivity index (χ3v) is 3.95. The van der Waals surface area contributed by atoms with Gasteiger partial charge >= 0.3 is 0 Å². The van der Waals surface area contributed by atoms with Crippen LogP contribution in [-0.2, 0) is 17.6 Å². The van der Waals surface area contributed by atoms with Gasteiger partial charge in [0.2, 0.25) is 0 Å². The van der Waals surface area contributed by atoms with Crippen LogP contribution in [0.4, 0.5) is 8.78 Å². The summed E-state index contributed by atoms with van der Waals surface area (Å²) in [5.74, 6) is -1.59. The minimum atomic E-state index is -0.700. The third kappa shape index (κ3) is 3.03. The Morgan fingerprint density at radius 1 is 1.22 bits per heavy atom. The first kappa shape index (κ1) is 13.4. The van der Waals surface area contributed by atoms with E-state index in [0.717, 1.165) is 10.9 Å². The van der Waals surface area contributed by atoms with Crippen LogP contribution >= 0.6 is 27.3 Å².